The molecule has 0 aliphatic heterocycles. The number of carbonyl (C=O) groups excluding carboxylic acids is 1. The predicted octanol–water partition coefficient (Wildman–Crippen LogP) is 9.16. The van der Waals surface area contributed by atoms with Crippen molar-refractivity contribution >= 4 is 5.97 Å². The van der Waals surface area contributed by atoms with E-state index < -0.39 is 0 Å². The van der Waals surface area contributed by atoms with Gasteiger partial charge in [0, 0.05) is 20.5 Å². The second-order valence-electron chi connectivity index (χ2n) is 9.44. The van der Waals surface area contributed by atoms with Gasteiger partial charge in [-0.1, -0.05) is 122 Å². The maximum absolute atomic E-state index is 11.4. The van der Waals surface area contributed by atoms with Crippen molar-refractivity contribution in [3.05, 3.63) is 12.2 Å². The topological polar surface area (TPSA) is 29.5 Å². The smallest absolute Gasteiger partial charge is 0.325 e. The van der Waals surface area contributed by atoms with Crippen LogP contribution in [0.5, 0.6) is 0 Å². The van der Waals surface area contributed by atoms with E-state index in [1.807, 2.05) is 0 Å². The average molecular weight is 438 g/mol. The molecule has 0 saturated carbocycles. The molecule has 0 saturated heterocycles. The molecule has 0 bridgehead atoms. The molecule has 0 N–H and O–H groups in total. The Morgan fingerprint density at radius 1 is 0.581 bits per heavy atom. The number of hydroxylamine groups is 2. The quantitative estimate of drug-likeness (QED) is 0.0856. The zero-order chi connectivity index (χ0) is 22.8. The summed E-state index contributed by atoms with van der Waals surface area (Å²) in [5, 5.41) is 1.46. The van der Waals surface area contributed by atoms with Crippen molar-refractivity contribution in [1.82, 2.24) is 5.06 Å². The molecule has 0 aliphatic rings. The third-order valence-electron chi connectivity index (χ3n) is 5.93. The van der Waals surface area contributed by atoms with Gasteiger partial charge in [0.2, 0.25) is 0 Å². The number of allylic oxidation sites excluding steroid dienone is 2. The van der Waals surface area contributed by atoms with E-state index in [9.17, 15) is 4.79 Å². The minimum atomic E-state index is -0.121. The van der Waals surface area contributed by atoms with Crippen LogP contribution in [0.4, 0.5) is 0 Å². The first-order chi connectivity index (χ1) is 15.2. The summed E-state index contributed by atoms with van der Waals surface area (Å²) in [6.07, 6.45) is 33.7. The fourth-order valence-corrected chi connectivity index (χ4v) is 4.00. The molecule has 184 valence electrons. The maximum Gasteiger partial charge on any atom is 0.325 e. The van der Waals surface area contributed by atoms with Gasteiger partial charge in [0.25, 0.3) is 0 Å². The first-order valence-electron chi connectivity index (χ1n) is 13.7. The monoisotopic (exact) mass is 437 g/mol. The van der Waals surface area contributed by atoms with E-state index in [2.05, 4.69) is 19.1 Å². The van der Waals surface area contributed by atoms with Crippen LogP contribution in [0.25, 0.3) is 0 Å². The molecule has 0 amide bonds. The van der Waals surface area contributed by atoms with Gasteiger partial charge in [0.15, 0.2) is 0 Å². The van der Waals surface area contributed by atoms with E-state index in [1.54, 1.807) is 14.1 Å². The molecule has 0 spiro atoms. The average Bonchev–Trinajstić information content (AvgIpc) is 2.73. The van der Waals surface area contributed by atoms with E-state index >= 15 is 0 Å². The summed E-state index contributed by atoms with van der Waals surface area (Å²) in [7, 11) is 3.48. The number of hydrogen-bond acceptors (Lipinski definition) is 3. The molecule has 3 heteroatoms. The van der Waals surface area contributed by atoms with Crippen LogP contribution in [-0.4, -0.2) is 25.1 Å². The summed E-state index contributed by atoms with van der Waals surface area (Å²) in [6, 6.07) is 0. The molecule has 0 aromatic heterocycles. The van der Waals surface area contributed by atoms with E-state index in [0.717, 1.165) is 19.3 Å². The van der Waals surface area contributed by atoms with Gasteiger partial charge in [-0.25, -0.2) is 0 Å². The summed E-state index contributed by atoms with van der Waals surface area (Å²) in [4.78, 5) is 16.4. The summed E-state index contributed by atoms with van der Waals surface area (Å²) in [5.74, 6) is -0.121. The molecular formula is C28H55NO2. The lowest BCUT2D eigenvalue weighted by Crippen LogP contribution is -2.18. The predicted molar refractivity (Wildman–Crippen MR) is 136 cm³/mol. The molecule has 0 heterocycles. The van der Waals surface area contributed by atoms with Crippen molar-refractivity contribution < 1.29 is 9.63 Å². The fraction of sp³-hybridized carbons (Fsp3) is 0.893. The maximum atomic E-state index is 11.4. The molecule has 0 aliphatic carbocycles. The number of hydrogen-bond donors (Lipinski definition) is 0. The van der Waals surface area contributed by atoms with Crippen molar-refractivity contribution in [3.8, 4) is 0 Å². The Labute approximate surface area is 195 Å². The van der Waals surface area contributed by atoms with Crippen molar-refractivity contribution in [3.63, 3.8) is 0 Å². The van der Waals surface area contributed by atoms with Crippen LogP contribution >= 0.6 is 0 Å². The molecule has 0 aromatic rings. The van der Waals surface area contributed by atoms with Crippen molar-refractivity contribution in [1.29, 1.82) is 0 Å². The summed E-state index contributed by atoms with van der Waals surface area (Å²) >= 11 is 0. The second-order valence-corrected chi connectivity index (χ2v) is 9.44. The number of carbonyl (C=O) groups is 1. The molecule has 0 aromatic carbocycles. The summed E-state index contributed by atoms with van der Waals surface area (Å²) in [6.45, 7) is 2.29. The Bertz CT molecular complexity index is 392. The SMILES string of the molecule is CCCCCCCCCCCCCCCCCCC=CCCCCCC(=O)ON(C)C. The van der Waals surface area contributed by atoms with Gasteiger partial charge < -0.3 is 4.84 Å². The highest BCUT2D eigenvalue weighted by Crippen LogP contribution is 2.14. The molecule has 0 atom stereocenters. The van der Waals surface area contributed by atoms with Gasteiger partial charge in [-0.05, 0) is 32.1 Å². The van der Waals surface area contributed by atoms with E-state index in [0.29, 0.717) is 6.42 Å². The Morgan fingerprint density at radius 3 is 1.32 bits per heavy atom. The molecule has 0 fully saturated rings. The van der Waals surface area contributed by atoms with Crippen LogP contribution in [-0.2, 0) is 9.63 Å². The zero-order valence-corrected chi connectivity index (χ0v) is 21.5. The molecule has 0 unspecified atom stereocenters. The highest BCUT2D eigenvalue weighted by molar-refractivity contribution is 5.68. The summed E-state index contributed by atoms with van der Waals surface area (Å²) < 4.78 is 0. The Balaban J connectivity index is 3.14. The van der Waals surface area contributed by atoms with Crippen LogP contribution in [0.2, 0.25) is 0 Å². The first kappa shape index (κ1) is 30.2. The largest absolute Gasteiger partial charge is 0.369 e. The highest BCUT2D eigenvalue weighted by Gasteiger charge is 2.03. The lowest BCUT2D eigenvalue weighted by atomic mass is 10.0. The molecular weight excluding hydrogens is 382 g/mol. The third kappa shape index (κ3) is 27.1. The van der Waals surface area contributed by atoms with E-state index in [1.165, 1.54) is 121 Å². The van der Waals surface area contributed by atoms with Gasteiger partial charge in [0.1, 0.15) is 0 Å². The van der Waals surface area contributed by atoms with Crippen molar-refractivity contribution in [2.75, 3.05) is 14.1 Å². The zero-order valence-electron chi connectivity index (χ0n) is 21.5. The number of unbranched alkanes of at least 4 members (excludes halogenated alkanes) is 19. The van der Waals surface area contributed by atoms with Crippen LogP contribution in [0.15, 0.2) is 12.2 Å². The van der Waals surface area contributed by atoms with E-state index in [-0.39, 0.29) is 5.97 Å². The van der Waals surface area contributed by atoms with E-state index in [4.69, 9.17) is 4.84 Å². The van der Waals surface area contributed by atoms with Crippen LogP contribution in [0, 0.1) is 0 Å². The molecule has 3 nitrogen and oxygen atoms in total. The van der Waals surface area contributed by atoms with Crippen molar-refractivity contribution in [2.45, 2.75) is 148 Å². The minimum absolute atomic E-state index is 0.121. The van der Waals surface area contributed by atoms with Crippen LogP contribution in [0.3, 0.4) is 0 Å². The summed E-state index contributed by atoms with van der Waals surface area (Å²) in [5.41, 5.74) is 0. The van der Waals surface area contributed by atoms with Gasteiger partial charge in [0.05, 0.1) is 0 Å². The minimum Gasteiger partial charge on any atom is -0.369 e. The highest BCUT2D eigenvalue weighted by atomic mass is 16.7. The standard InChI is InChI=1S/C28H55NO2/c1-4-5-6-7-8-9-10-11-12-13-14-15-16-17-18-19-20-21-22-23-24-25-26-27-28(30)31-29(2)3/h21-22H,4-20,23-27H2,1-3H3. The normalized spacial score (nSPS) is 11.6. The molecule has 31 heavy (non-hydrogen) atoms. The van der Waals surface area contributed by atoms with Crippen LogP contribution in [0.1, 0.15) is 148 Å². The Kier molecular flexibility index (Phi) is 24.7. The second kappa shape index (κ2) is 25.4. The lowest BCUT2D eigenvalue weighted by Gasteiger charge is -2.09. The first-order valence-corrected chi connectivity index (χ1v) is 13.7. The van der Waals surface area contributed by atoms with Crippen molar-refractivity contribution in [2.24, 2.45) is 0 Å². The molecule has 0 radical (unpaired) electrons. The fourth-order valence-electron chi connectivity index (χ4n) is 4.00. The van der Waals surface area contributed by atoms with Gasteiger partial charge in [-0.15, -0.1) is 5.06 Å². The third-order valence-corrected chi connectivity index (χ3v) is 5.93. The Hall–Kier alpha value is -0.830. The molecule has 0 rings (SSSR count). The van der Waals surface area contributed by atoms with Gasteiger partial charge >= 0.3 is 5.97 Å². The number of rotatable bonds is 24. The van der Waals surface area contributed by atoms with Gasteiger partial charge in [-0.3, -0.25) is 4.79 Å². The van der Waals surface area contributed by atoms with Gasteiger partial charge in [-0.2, -0.15) is 0 Å². The Morgan fingerprint density at radius 2 is 0.935 bits per heavy atom. The number of nitrogens with zero attached hydrogens (tertiary/aromatic N) is 1. The lowest BCUT2D eigenvalue weighted by molar-refractivity contribution is -0.178. The van der Waals surface area contributed by atoms with Crippen LogP contribution < -0.4 is 0 Å².